The Balaban J connectivity index is 1.69. The van der Waals surface area contributed by atoms with E-state index in [2.05, 4.69) is 58.0 Å². The summed E-state index contributed by atoms with van der Waals surface area (Å²) in [6.45, 7) is 5.67. The smallest absolute Gasteiger partial charge is 0.0795 e. The predicted octanol–water partition coefficient (Wildman–Crippen LogP) is 3.62. The van der Waals surface area contributed by atoms with E-state index in [9.17, 15) is 0 Å². The molecule has 5 heteroatoms. The zero-order valence-electron chi connectivity index (χ0n) is 12.2. The molecule has 0 saturated carbocycles. The van der Waals surface area contributed by atoms with Crippen LogP contribution in [-0.4, -0.2) is 14.8 Å². The molecule has 0 radical (unpaired) electrons. The van der Waals surface area contributed by atoms with E-state index in [4.69, 9.17) is 0 Å². The maximum Gasteiger partial charge on any atom is 0.0795 e. The van der Waals surface area contributed by atoms with Crippen LogP contribution in [0.15, 0.2) is 41.2 Å². The van der Waals surface area contributed by atoms with Crippen LogP contribution in [-0.2, 0) is 13.1 Å². The molecule has 0 aliphatic heterocycles. The number of benzene rings is 1. The summed E-state index contributed by atoms with van der Waals surface area (Å²) < 4.78 is 2.04. The largest absolute Gasteiger partial charge is 0.379 e. The molecule has 3 rings (SSSR count). The molecule has 1 N–H and O–H groups in total. The lowest BCUT2D eigenvalue weighted by atomic mass is 10.2. The van der Waals surface area contributed by atoms with Crippen LogP contribution in [0.3, 0.4) is 0 Å². The summed E-state index contributed by atoms with van der Waals surface area (Å²) in [4.78, 5) is 4.28. The zero-order chi connectivity index (χ0) is 14.7. The van der Waals surface area contributed by atoms with E-state index in [1.807, 2.05) is 17.1 Å². The minimum atomic E-state index is 0.757. The lowest BCUT2D eigenvalue weighted by Gasteiger charge is -2.08. The maximum absolute atomic E-state index is 4.51. The van der Waals surface area contributed by atoms with Gasteiger partial charge in [-0.15, -0.1) is 11.3 Å². The lowest BCUT2D eigenvalue weighted by molar-refractivity contribution is 0.659. The SMILES string of the molecule is Cc1cc(C)n(Cc2cccc(NCc3cscn3)c2)n1. The van der Waals surface area contributed by atoms with Crippen molar-refractivity contribution in [2.75, 3.05) is 5.32 Å². The van der Waals surface area contributed by atoms with Gasteiger partial charge in [0, 0.05) is 16.8 Å². The first-order valence-electron chi connectivity index (χ1n) is 6.91. The van der Waals surface area contributed by atoms with Gasteiger partial charge in [0.1, 0.15) is 0 Å². The first kappa shape index (κ1) is 13.8. The van der Waals surface area contributed by atoms with Crippen molar-refractivity contribution < 1.29 is 0 Å². The van der Waals surface area contributed by atoms with Crippen molar-refractivity contribution in [3.63, 3.8) is 0 Å². The summed E-state index contributed by atoms with van der Waals surface area (Å²) in [7, 11) is 0. The molecule has 0 aliphatic rings. The quantitative estimate of drug-likeness (QED) is 0.782. The van der Waals surface area contributed by atoms with Crippen molar-refractivity contribution in [1.29, 1.82) is 0 Å². The normalized spacial score (nSPS) is 10.8. The maximum atomic E-state index is 4.51. The molecule has 2 heterocycles. The Bertz CT molecular complexity index is 716. The number of nitrogens with one attached hydrogen (secondary N) is 1. The van der Waals surface area contributed by atoms with Gasteiger partial charge in [0.15, 0.2) is 0 Å². The van der Waals surface area contributed by atoms with Gasteiger partial charge in [0.2, 0.25) is 0 Å². The number of aromatic nitrogens is 3. The molecule has 0 amide bonds. The van der Waals surface area contributed by atoms with Gasteiger partial charge in [-0.05, 0) is 37.6 Å². The van der Waals surface area contributed by atoms with Crippen LogP contribution in [0.4, 0.5) is 5.69 Å². The fourth-order valence-corrected chi connectivity index (χ4v) is 2.86. The molecule has 108 valence electrons. The van der Waals surface area contributed by atoms with Crippen LogP contribution in [0, 0.1) is 13.8 Å². The molecule has 21 heavy (non-hydrogen) atoms. The fourth-order valence-electron chi connectivity index (χ4n) is 2.31. The van der Waals surface area contributed by atoms with Crippen molar-refractivity contribution in [3.8, 4) is 0 Å². The van der Waals surface area contributed by atoms with Crippen LogP contribution >= 0.6 is 11.3 Å². The third-order valence-electron chi connectivity index (χ3n) is 3.32. The van der Waals surface area contributed by atoms with Crippen molar-refractivity contribution in [3.05, 3.63) is 63.9 Å². The molecule has 0 spiro atoms. The Morgan fingerprint density at radius 1 is 1.24 bits per heavy atom. The van der Waals surface area contributed by atoms with E-state index in [0.29, 0.717) is 0 Å². The van der Waals surface area contributed by atoms with E-state index in [-0.39, 0.29) is 0 Å². The monoisotopic (exact) mass is 298 g/mol. The van der Waals surface area contributed by atoms with E-state index in [1.54, 1.807) is 11.3 Å². The first-order chi connectivity index (χ1) is 10.2. The molecule has 0 saturated heterocycles. The summed E-state index contributed by atoms with van der Waals surface area (Å²) in [6.07, 6.45) is 0. The van der Waals surface area contributed by atoms with E-state index < -0.39 is 0 Å². The first-order valence-corrected chi connectivity index (χ1v) is 7.86. The molecule has 0 unspecified atom stereocenters. The third kappa shape index (κ3) is 3.49. The van der Waals surface area contributed by atoms with Gasteiger partial charge < -0.3 is 5.32 Å². The number of nitrogens with zero attached hydrogens (tertiary/aromatic N) is 3. The highest BCUT2D eigenvalue weighted by Crippen LogP contribution is 2.14. The van der Waals surface area contributed by atoms with E-state index in [0.717, 1.165) is 30.2 Å². The summed E-state index contributed by atoms with van der Waals surface area (Å²) >= 11 is 1.62. The van der Waals surface area contributed by atoms with Crippen LogP contribution in [0.5, 0.6) is 0 Å². The number of thiazole rings is 1. The Kier molecular flexibility index (Phi) is 4.01. The topological polar surface area (TPSA) is 42.7 Å². The second-order valence-electron chi connectivity index (χ2n) is 5.12. The van der Waals surface area contributed by atoms with Gasteiger partial charge in [-0.25, -0.2) is 4.98 Å². The van der Waals surface area contributed by atoms with Gasteiger partial charge in [0.25, 0.3) is 0 Å². The molecule has 0 atom stereocenters. The zero-order valence-corrected chi connectivity index (χ0v) is 13.0. The predicted molar refractivity (Wildman–Crippen MR) is 86.7 cm³/mol. The van der Waals surface area contributed by atoms with E-state index >= 15 is 0 Å². The summed E-state index contributed by atoms with van der Waals surface area (Å²) in [6, 6.07) is 10.6. The minimum Gasteiger partial charge on any atom is -0.379 e. The molecule has 2 aromatic heterocycles. The van der Waals surface area contributed by atoms with Gasteiger partial charge in [-0.2, -0.15) is 5.10 Å². The summed E-state index contributed by atoms with van der Waals surface area (Å²) in [5.74, 6) is 0. The van der Waals surface area contributed by atoms with Crippen LogP contribution in [0.1, 0.15) is 22.6 Å². The average molecular weight is 298 g/mol. The second kappa shape index (κ2) is 6.10. The Hall–Kier alpha value is -2.14. The van der Waals surface area contributed by atoms with Gasteiger partial charge in [-0.1, -0.05) is 12.1 Å². The molecule has 4 nitrogen and oxygen atoms in total. The molecule has 0 bridgehead atoms. The third-order valence-corrected chi connectivity index (χ3v) is 3.96. The number of hydrogen-bond acceptors (Lipinski definition) is 4. The number of anilines is 1. The Morgan fingerprint density at radius 3 is 2.86 bits per heavy atom. The van der Waals surface area contributed by atoms with Crippen molar-refractivity contribution in [2.24, 2.45) is 0 Å². The minimum absolute atomic E-state index is 0.757. The highest BCUT2D eigenvalue weighted by atomic mass is 32.1. The lowest BCUT2D eigenvalue weighted by Crippen LogP contribution is -2.05. The van der Waals surface area contributed by atoms with Crippen LogP contribution in [0.2, 0.25) is 0 Å². The number of rotatable bonds is 5. The van der Waals surface area contributed by atoms with Gasteiger partial charge in [0.05, 0.1) is 30.0 Å². The van der Waals surface area contributed by atoms with Gasteiger partial charge in [-0.3, -0.25) is 4.68 Å². The molecular weight excluding hydrogens is 280 g/mol. The number of hydrogen-bond donors (Lipinski definition) is 1. The second-order valence-corrected chi connectivity index (χ2v) is 5.84. The highest BCUT2D eigenvalue weighted by molar-refractivity contribution is 7.07. The molecule has 0 aliphatic carbocycles. The Labute approximate surface area is 128 Å². The van der Waals surface area contributed by atoms with Gasteiger partial charge >= 0.3 is 0 Å². The van der Waals surface area contributed by atoms with Crippen molar-refractivity contribution in [1.82, 2.24) is 14.8 Å². The van der Waals surface area contributed by atoms with Crippen molar-refractivity contribution in [2.45, 2.75) is 26.9 Å². The average Bonchev–Trinajstić information content (AvgIpc) is 3.07. The highest BCUT2D eigenvalue weighted by Gasteiger charge is 2.03. The summed E-state index contributed by atoms with van der Waals surface area (Å²) in [5, 5.41) is 9.98. The molecule has 1 aromatic carbocycles. The molecular formula is C16H18N4S. The fraction of sp³-hybridized carbons (Fsp3) is 0.250. The molecule has 0 fully saturated rings. The van der Waals surface area contributed by atoms with Crippen LogP contribution < -0.4 is 5.32 Å². The van der Waals surface area contributed by atoms with Crippen molar-refractivity contribution >= 4 is 17.0 Å². The standard InChI is InChI=1S/C16H18N4S/c1-12-6-13(2)20(19-12)9-14-4-3-5-15(7-14)17-8-16-10-21-11-18-16/h3-7,10-11,17H,8-9H2,1-2H3. The Morgan fingerprint density at radius 2 is 2.14 bits per heavy atom. The van der Waals surface area contributed by atoms with Crippen LogP contribution in [0.25, 0.3) is 0 Å². The summed E-state index contributed by atoms with van der Waals surface area (Å²) in [5.41, 5.74) is 7.53. The molecule has 3 aromatic rings. The van der Waals surface area contributed by atoms with E-state index in [1.165, 1.54) is 11.3 Å². The number of aryl methyl sites for hydroxylation is 2.